The zero-order valence-electron chi connectivity index (χ0n) is 10.1. The van der Waals surface area contributed by atoms with Crippen molar-refractivity contribution in [2.75, 3.05) is 13.6 Å². The van der Waals surface area contributed by atoms with Crippen LogP contribution < -0.4 is 0 Å². The molecule has 6 heteroatoms. The molecule has 0 amide bonds. The van der Waals surface area contributed by atoms with Gasteiger partial charge in [-0.05, 0) is 31.7 Å². The molecule has 0 aliphatic carbocycles. The minimum absolute atomic E-state index is 0.0224. The van der Waals surface area contributed by atoms with Gasteiger partial charge >= 0.3 is 5.97 Å². The largest absolute Gasteiger partial charge is 0.481 e. The zero-order chi connectivity index (χ0) is 13.9. The maximum absolute atomic E-state index is 13.4. The number of carbonyl (C=O) groups is 1. The van der Waals surface area contributed by atoms with Crippen molar-refractivity contribution in [3.63, 3.8) is 0 Å². The number of carboxylic acids is 1. The van der Waals surface area contributed by atoms with Gasteiger partial charge in [0.15, 0.2) is 0 Å². The Morgan fingerprint density at radius 3 is 2.61 bits per heavy atom. The van der Waals surface area contributed by atoms with E-state index in [1.807, 2.05) is 6.92 Å². The van der Waals surface area contributed by atoms with Crippen LogP contribution in [0.5, 0.6) is 0 Å². The molecule has 0 aromatic heterocycles. The number of benzene rings is 1. The van der Waals surface area contributed by atoms with Gasteiger partial charge in [-0.15, -0.1) is 0 Å². The molecule has 0 spiro atoms. The minimum atomic E-state index is -0.873. The molecule has 1 aromatic rings. The quantitative estimate of drug-likeness (QED) is 0.843. The fourth-order valence-electron chi connectivity index (χ4n) is 1.56. The minimum Gasteiger partial charge on any atom is -0.481 e. The van der Waals surface area contributed by atoms with Crippen molar-refractivity contribution in [2.24, 2.45) is 0 Å². The van der Waals surface area contributed by atoms with Crippen molar-refractivity contribution < 1.29 is 14.3 Å². The third-order valence-corrected chi connectivity index (χ3v) is 3.45. The summed E-state index contributed by atoms with van der Waals surface area (Å²) in [5.74, 6) is -1.41. The van der Waals surface area contributed by atoms with Crippen LogP contribution in [0.2, 0.25) is 10.0 Å². The van der Waals surface area contributed by atoms with E-state index in [9.17, 15) is 9.18 Å². The van der Waals surface area contributed by atoms with E-state index >= 15 is 0 Å². The van der Waals surface area contributed by atoms with Crippen LogP contribution >= 0.6 is 23.2 Å². The Morgan fingerprint density at radius 2 is 2.06 bits per heavy atom. The first-order chi connectivity index (χ1) is 8.32. The van der Waals surface area contributed by atoms with Gasteiger partial charge in [0.25, 0.3) is 0 Å². The lowest BCUT2D eigenvalue weighted by Crippen LogP contribution is -2.25. The molecule has 0 bridgehead atoms. The average Bonchev–Trinajstić information content (AvgIpc) is 2.29. The number of hydrogen-bond donors (Lipinski definition) is 1. The van der Waals surface area contributed by atoms with Crippen LogP contribution in [0.1, 0.15) is 24.9 Å². The Hall–Kier alpha value is -0.840. The first kappa shape index (κ1) is 15.2. The number of hydrogen-bond acceptors (Lipinski definition) is 2. The van der Waals surface area contributed by atoms with Crippen molar-refractivity contribution >= 4 is 29.2 Å². The lowest BCUT2D eigenvalue weighted by atomic mass is 10.1. The Bertz CT molecular complexity index is 454. The Balaban J connectivity index is 2.86. The van der Waals surface area contributed by atoms with E-state index in [4.69, 9.17) is 28.3 Å². The van der Waals surface area contributed by atoms with Crippen molar-refractivity contribution in [2.45, 2.75) is 19.4 Å². The lowest BCUT2D eigenvalue weighted by Gasteiger charge is -2.25. The molecular weight excluding hydrogens is 280 g/mol. The van der Waals surface area contributed by atoms with E-state index in [2.05, 4.69) is 0 Å². The molecule has 1 N–H and O–H groups in total. The number of aliphatic carboxylic acids is 1. The Kier molecular flexibility index (Phi) is 5.38. The highest BCUT2D eigenvalue weighted by Crippen LogP contribution is 2.30. The van der Waals surface area contributed by atoms with Gasteiger partial charge in [0.05, 0.1) is 11.4 Å². The maximum atomic E-state index is 13.4. The normalized spacial score (nSPS) is 12.8. The van der Waals surface area contributed by atoms with Gasteiger partial charge in [-0.25, -0.2) is 4.39 Å². The third-order valence-electron chi connectivity index (χ3n) is 2.83. The lowest BCUT2D eigenvalue weighted by molar-refractivity contribution is -0.137. The Morgan fingerprint density at radius 1 is 1.44 bits per heavy atom. The number of halogens is 3. The molecule has 1 unspecified atom stereocenters. The second-order valence-corrected chi connectivity index (χ2v) is 4.90. The first-order valence-corrected chi connectivity index (χ1v) is 6.15. The second-order valence-electron chi connectivity index (χ2n) is 4.09. The summed E-state index contributed by atoms with van der Waals surface area (Å²) in [7, 11) is 1.76. The highest BCUT2D eigenvalue weighted by atomic mass is 35.5. The molecule has 0 aliphatic heterocycles. The Labute approximate surface area is 115 Å². The van der Waals surface area contributed by atoms with Crippen LogP contribution in [-0.4, -0.2) is 29.6 Å². The van der Waals surface area contributed by atoms with Crippen molar-refractivity contribution in [3.8, 4) is 0 Å². The monoisotopic (exact) mass is 293 g/mol. The third kappa shape index (κ3) is 3.83. The molecule has 0 saturated heterocycles. The topological polar surface area (TPSA) is 40.5 Å². The molecule has 3 nitrogen and oxygen atoms in total. The smallest absolute Gasteiger partial charge is 0.304 e. The van der Waals surface area contributed by atoms with E-state index < -0.39 is 11.8 Å². The van der Waals surface area contributed by atoms with Crippen LogP contribution in [-0.2, 0) is 4.79 Å². The van der Waals surface area contributed by atoms with Gasteiger partial charge in [0.1, 0.15) is 5.82 Å². The van der Waals surface area contributed by atoms with Crippen molar-refractivity contribution in [1.29, 1.82) is 0 Å². The van der Waals surface area contributed by atoms with Crippen LogP contribution in [0.15, 0.2) is 12.1 Å². The average molecular weight is 294 g/mol. The van der Waals surface area contributed by atoms with E-state index in [0.717, 1.165) is 0 Å². The molecular formula is C12H14Cl2FNO2. The van der Waals surface area contributed by atoms with Crippen LogP contribution in [0.3, 0.4) is 0 Å². The van der Waals surface area contributed by atoms with E-state index in [1.165, 1.54) is 12.1 Å². The summed E-state index contributed by atoms with van der Waals surface area (Å²) in [5.41, 5.74) is 0.589. The van der Waals surface area contributed by atoms with E-state index in [1.54, 1.807) is 11.9 Å². The molecule has 1 rings (SSSR count). The summed E-state index contributed by atoms with van der Waals surface area (Å²) in [6, 6.07) is 2.45. The van der Waals surface area contributed by atoms with Crippen molar-refractivity contribution in [1.82, 2.24) is 4.90 Å². The SMILES string of the molecule is CC(c1cc(F)c(Cl)cc1Cl)N(C)CCC(=O)O. The molecule has 1 atom stereocenters. The van der Waals surface area contributed by atoms with E-state index in [-0.39, 0.29) is 17.5 Å². The predicted octanol–water partition coefficient (Wildman–Crippen LogP) is 3.60. The van der Waals surface area contributed by atoms with Crippen LogP contribution in [0.25, 0.3) is 0 Å². The van der Waals surface area contributed by atoms with Crippen LogP contribution in [0, 0.1) is 5.82 Å². The second kappa shape index (κ2) is 6.36. The highest BCUT2D eigenvalue weighted by molar-refractivity contribution is 6.35. The van der Waals surface area contributed by atoms with Gasteiger partial charge in [-0.3, -0.25) is 9.69 Å². The summed E-state index contributed by atoms with van der Waals surface area (Å²) >= 11 is 11.6. The van der Waals surface area contributed by atoms with Gasteiger partial charge in [0.2, 0.25) is 0 Å². The number of carboxylic acid groups (broad SMARTS) is 1. The molecule has 0 saturated carbocycles. The van der Waals surface area contributed by atoms with Gasteiger partial charge in [-0.1, -0.05) is 23.2 Å². The summed E-state index contributed by atoms with van der Waals surface area (Å²) in [5, 5.41) is 8.97. The number of rotatable bonds is 5. The van der Waals surface area contributed by atoms with E-state index in [0.29, 0.717) is 17.1 Å². The van der Waals surface area contributed by atoms with Gasteiger partial charge in [0, 0.05) is 17.6 Å². The first-order valence-electron chi connectivity index (χ1n) is 5.39. The molecule has 100 valence electrons. The standard InChI is InChI=1S/C12H14Cl2FNO2/c1-7(16(2)4-3-12(17)18)8-5-11(15)10(14)6-9(8)13/h5-7H,3-4H2,1-2H3,(H,17,18). The molecule has 1 aromatic carbocycles. The van der Waals surface area contributed by atoms with Gasteiger partial charge in [-0.2, -0.15) is 0 Å². The summed E-state index contributed by atoms with van der Waals surface area (Å²) in [4.78, 5) is 12.3. The zero-order valence-corrected chi connectivity index (χ0v) is 11.6. The summed E-state index contributed by atoms with van der Waals surface area (Å²) in [6.07, 6.45) is 0.0224. The molecule has 0 heterocycles. The molecule has 18 heavy (non-hydrogen) atoms. The predicted molar refractivity (Wildman–Crippen MR) is 69.7 cm³/mol. The van der Waals surface area contributed by atoms with Crippen molar-refractivity contribution in [3.05, 3.63) is 33.6 Å². The fraction of sp³-hybridized carbons (Fsp3) is 0.417. The fourth-order valence-corrected chi connectivity index (χ4v) is 2.10. The summed E-state index contributed by atoms with van der Waals surface area (Å²) in [6.45, 7) is 2.19. The number of nitrogens with zero attached hydrogens (tertiary/aromatic N) is 1. The molecule has 0 radical (unpaired) electrons. The maximum Gasteiger partial charge on any atom is 0.304 e. The van der Waals surface area contributed by atoms with Crippen LogP contribution in [0.4, 0.5) is 4.39 Å². The van der Waals surface area contributed by atoms with Gasteiger partial charge < -0.3 is 5.11 Å². The summed E-state index contributed by atoms with van der Waals surface area (Å²) < 4.78 is 13.4. The molecule has 0 fully saturated rings. The highest BCUT2D eigenvalue weighted by Gasteiger charge is 2.17. The molecule has 0 aliphatic rings.